The highest BCUT2D eigenvalue weighted by atomic mass is 32.1. The van der Waals surface area contributed by atoms with Crippen LogP contribution in [0.2, 0.25) is 0 Å². The molecule has 3 heterocycles. The summed E-state index contributed by atoms with van der Waals surface area (Å²) in [6.45, 7) is 1.84. The van der Waals surface area contributed by atoms with Gasteiger partial charge in [-0.2, -0.15) is 5.10 Å². The van der Waals surface area contributed by atoms with Gasteiger partial charge in [0.15, 0.2) is 5.01 Å². The summed E-state index contributed by atoms with van der Waals surface area (Å²) in [6.07, 6.45) is 4.06. The fraction of sp³-hybridized carbons (Fsp3) is 0.389. The molecule has 0 radical (unpaired) electrons. The highest BCUT2D eigenvalue weighted by Crippen LogP contribution is 2.34. The molecular formula is C18H19F2N5OS. The number of nitrogens with two attached hydrogens (primary N) is 1. The number of carbonyl (C=O) groups excluding carboxylic acids is 1. The first-order valence-electron chi connectivity index (χ1n) is 8.71. The van der Waals surface area contributed by atoms with Crippen molar-refractivity contribution in [3.63, 3.8) is 0 Å². The van der Waals surface area contributed by atoms with Gasteiger partial charge in [0.05, 0.1) is 17.4 Å². The molecule has 0 spiro atoms. The second kappa shape index (κ2) is 6.65. The first-order chi connectivity index (χ1) is 12.9. The number of nitrogens with zero attached hydrogens (tertiary/aromatic N) is 3. The number of rotatable bonds is 3. The van der Waals surface area contributed by atoms with E-state index < -0.39 is 23.9 Å². The van der Waals surface area contributed by atoms with Crippen LogP contribution in [0.5, 0.6) is 0 Å². The molecule has 2 atom stereocenters. The van der Waals surface area contributed by atoms with Crippen LogP contribution in [0.4, 0.5) is 8.78 Å². The van der Waals surface area contributed by atoms with E-state index in [0.29, 0.717) is 18.5 Å². The highest BCUT2D eigenvalue weighted by Gasteiger charge is 2.46. The summed E-state index contributed by atoms with van der Waals surface area (Å²) in [4.78, 5) is 17.8. The van der Waals surface area contributed by atoms with E-state index in [0.717, 1.165) is 16.0 Å². The molecule has 4 rings (SSSR count). The standard InChI is InChI=1S/C18H19F2N5OS/c1-10-14(11-9-22-25-8-3-2-6-13(11)25)23-17(27-10)16(26)24-15-12(21)5-4-7-18(15,19)20/h2-3,6,8-9,12,15H,4-5,7,21H2,1H3,(H,24,26). The SMILES string of the molecule is Cc1sc(C(=O)NC2C(N)CCCC2(F)F)nc1-c1cnn2ccccc12. The molecule has 0 saturated heterocycles. The number of pyridine rings is 1. The number of alkyl halides is 2. The summed E-state index contributed by atoms with van der Waals surface area (Å²) in [5, 5.41) is 6.83. The first-order valence-corrected chi connectivity index (χ1v) is 9.53. The molecule has 6 nitrogen and oxygen atoms in total. The topological polar surface area (TPSA) is 85.3 Å². The van der Waals surface area contributed by atoms with Crippen LogP contribution < -0.4 is 11.1 Å². The van der Waals surface area contributed by atoms with Gasteiger partial charge in [-0.1, -0.05) is 6.07 Å². The molecule has 142 valence electrons. The molecule has 3 N–H and O–H groups in total. The van der Waals surface area contributed by atoms with Crippen molar-refractivity contribution < 1.29 is 13.6 Å². The van der Waals surface area contributed by atoms with Crippen molar-refractivity contribution in [1.82, 2.24) is 19.9 Å². The van der Waals surface area contributed by atoms with Crippen molar-refractivity contribution in [3.05, 3.63) is 40.5 Å². The first kappa shape index (κ1) is 18.0. The van der Waals surface area contributed by atoms with Crippen molar-refractivity contribution in [1.29, 1.82) is 0 Å². The maximum absolute atomic E-state index is 14.2. The van der Waals surface area contributed by atoms with Crippen molar-refractivity contribution in [2.45, 2.75) is 44.2 Å². The zero-order valence-corrected chi connectivity index (χ0v) is 15.5. The van der Waals surface area contributed by atoms with E-state index in [1.54, 1.807) is 10.7 Å². The molecule has 1 aliphatic carbocycles. The molecule has 0 aromatic carbocycles. The minimum absolute atomic E-state index is 0.145. The lowest BCUT2D eigenvalue weighted by Crippen LogP contribution is -2.59. The Bertz CT molecular complexity index is 999. The average Bonchev–Trinajstić information content (AvgIpc) is 3.21. The molecular weight excluding hydrogens is 372 g/mol. The van der Waals surface area contributed by atoms with Crippen LogP contribution in [0.25, 0.3) is 16.8 Å². The zero-order valence-electron chi connectivity index (χ0n) is 14.7. The number of carbonyl (C=O) groups is 1. The Labute approximate surface area is 158 Å². The molecule has 3 aromatic heterocycles. The summed E-state index contributed by atoms with van der Waals surface area (Å²) in [6, 6.07) is 3.52. The van der Waals surface area contributed by atoms with Gasteiger partial charge in [0.2, 0.25) is 0 Å². The molecule has 0 bridgehead atoms. The van der Waals surface area contributed by atoms with E-state index in [1.807, 2.05) is 31.3 Å². The van der Waals surface area contributed by atoms with Crippen LogP contribution in [0.3, 0.4) is 0 Å². The number of aromatic nitrogens is 3. The fourth-order valence-corrected chi connectivity index (χ4v) is 4.32. The Hall–Kier alpha value is -2.39. The van der Waals surface area contributed by atoms with Gasteiger partial charge in [0.1, 0.15) is 6.04 Å². The predicted octanol–water partition coefficient (Wildman–Crippen LogP) is 3.01. The second-order valence-electron chi connectivity index (χ2n) is 6.78. The van der Waals surface area contributed by atoms with E-state index in [2.05, 4.69) is 15.4 Å². The molecule has 1 saturated carbocycles. The maximum Gasteiger partial charge on any atom is 0.280 e. The van der Waals surface area contributed by atoms with Gasteiger partial charge >= 0.3 is 0 Å². The van der Waals surface area contributed by atoms with E-state index in [4.69, 9.17) is 5.73 Å². The molecule has 3 aromatic rings. The Morgan fingerprint density at radius 3 is 3.04 bits per heavy atom. The summed E-state index contributed by atoms with van der Waals surface area (Å²) in [7, 11) is 0. The number of nitrogens with one attached hydrogen (secondary N) is 1. The van der Waals surface area contributed by atoms with Crippen LogP contribution >= 0.6 is 11.3 Å². The summed E-state index contributed by atoms with van der Waals surface area (Å²) >= 11 is 1.17. The molecule has 1 fully saturated rings. The number of amides is 1. The molecule has 9 heteroatoms. The Morgan fingerprint density at radius 1 is 1.44 bits per heavy atom. The van der Waals surface area contributed by atoms with E-state index in [1.165, 1.54) is 11.3 Å². The normalized spacial score (nSPS) is 22.1. The number of thiazole rings is 1. The van der Waals surface area contributed by atoms with Crippen LogP contribution in [-0.2, 0) is 0 Å². The predicted molar refractivity (Wildman–Crippen MR) is 99.1 cm³/mol. The molecule has 27 heavy (non-hydrogen) atoms. The molecule has 1 aliphatic rings. The number of halogens is 2. The quantitative estimate of drug-likeness (QED) is 0.719. The number of fused-ring (bicyclic) bond motifs is 1. The molecule has 2 unspecified atom stereocenters. The van der Waals surface area contributed by atoms with Crippen molar-refractivity contribution in [2.24, 2.45) is 5.73 Å². The van der Waals surface area contributed by atoms with Crippen LogP contribution in [0.15, 0.2) is 30.6 Å². The van der Waals surface area contributed by atoms with Gasteiger partial charge in [0, 0.05) is 29.1 Å². The van der Waals surface area contributed by atoms with Crippen molar-refractivity contribution in [3.8, 4) is 11.3 Å². The molecule has 1 amide bonds. The number of aryl methyl sites for hydroxylation is 1. The lowest BCUT2D eigenvalue weighted by Gasteiger charge is -2.36. The van der Waals surface area contributed by atoms with Gasteiger partial charge < -0.3 is 11.1 Å². The second-order valence-corrected chi connectivity index (χ2v) is 7.98. The van der Waals surface area contributed by atoms with E-state index in [-0.39, 0.29) is 11.4 Å². The van der Waals surface area contributed by atoms with Gasteiger partial charge in [-0.25, -0.2) is 18.3 Å². The summed E-state index contributed by atoms with van der Waals surface area (Å²) in [5.74, 6) is -3.63. The van der Waals surface area contributed by atoms with Gasteiger partial charge in [0.25, 0.3) is 11.8 Å². The Balaban J connectivity index is 1.62. The Morgan fingerprint density at radius 2 is 2.26 bits per heavy atom. The summed E-state index contributed by atoms with van der Waals surface area (Å²) in [5.41, 5.74) is 8.12. The summed E-state index contributed by atoms with van der Waals surface area (Å²) < 4.78 is 30.0. The maximum atomic E-state index is 14.2. The zero-order chi connectivity index (χ0) is 19.2. The van der Waals surface area contributed by atoms with Crippen LogP contribution in [0.1, 0.15) is 33.9 Å². The third-order valence-electron chi connectivity index (χ3n) is 4.89. The van der Waals surface area contributed by atoms with Gasteiger partial charge in [-0.15, -0.1) is 11.3 Å². The number of hydrogen-bond donors (Lipinski definition) is 2. The smallest absolute Gasteiger partial charge is 0.280 e. The average molecular weight is 391 g/mol. The molecule has 0 aliphatic heterocycles. The van der Waals surface area contributed by atoms with E-state index in [9.17, 15) is 13.6 Å². The minimum Gasteiger partial charge on any atom is -0.340 e. The number of hydrogen-bond acceptors (Lipinski definition) is 5. The third-order valence-corrected chi connectivity index (χ3v) is 5.86. The third kappa shape index (κ3) is 3.21. The monoisotopic (exact) mass is 391 g/mol. The lowest BCUT2D eigenvalue weighted by atomic mass is 9.87. The van der Waals surface area contributed by atoms with Crippen molar-refractivity contribution in [2.75, 3.05) is 0 Å². The highest BCUT2D eigenvalue weighted by molar-refractivity contribution is 7.14. The Kier molecular flexibility index (Phi) is 4.43. The van der Waals surface area contributed by atoms with Crippen LogP contribution in [-0.4, -0.2) is 38.5 Å². The van der Waals surface area contributed by atoms with E-state index >= 15 is 0 Å². The fourth-order valence-electron chi connectivity index (χ4n) is 3.48. The van der Waals surface area contributed by atoms with Crippen LogP contribution in [0, 0.1) is 6.92 Å². The largest absolute Gasteiger partial charge is 0.340 e. The van der Waals surface area contributed by atoms with Gasteiger partial charge in [-0.05, 0) is 31.9 Å². The van der Waals surface area contributed by atoms with Gasteiger partial charge in [-0.3, -0.25) is 4.79 Å². The lowest BCUT2D eigenvalue weighted by molar-refractivity contribution is -0.0674. The van der Waals surface area contributed by atoms with Crippen molar-refractivity contribution >= 4 is 22.8 Å². The minimum atomic E-state index is -3.01.